The molecule has 0 bridgehead atoms. The zero-order chi connectivity index (χ0) is 17.2. The monoisotopic (exact) mass is 376 g/mol. The summed E-state index contributed by atoms with van der Waals surface area (Å²) in [6, 6.07) is 10.3. The second-order valence-corrected chi connectivity index (χ2v) is 7.03. The van der Waals surface area contributed by atoms with Crippen molar-refractivity contribution in [3.8, 4) is 5.75 Å². The number of benzene rings is 2. The van der Waals surface area contributed by atoms with Crippen LogP contribution in [0, 0.1) is 10.1 Å². The van der Waals surface area contributed by atoms with Crippen LogP contribution < -0.4 is 0 Å². The highest BCUT2D eigenvalue weighted by molar-refractivity contribution is 9.10. The number of non-ortho nitro benzene ring substituents is 1. The minimum atomic E-state index is -0.514. The maximum atomic E-state index is 10.9. The van der Waals surface area contributed by atoms with E-state index in [4.69, 9.17) is 0 Å². The third kappa shape index (κ3) is 4.16. The minimum absolute atomic E-state index is 0.0609. The highest BCUT2D eigenvalue weighted by Gasteiger charge is 2.14. The third-order valence-electron chi connectivity index (χ3n) is 3.37. The number of nitro groups is 1. The van der Waals surface area contributed by atoms with Gasteiger partial charge in [0.15, 0.2) is 0 Å². The first kappa shape index (κ1) is 17.1. The molecule has 0 fully saturated rings. The van der Waals surface area contributed by atoms with Crippen LogP contribution in [0.3, 0.4) is 0 Å². The van der Waals surface area contributed by atoms with Crippen LogP contribution >= 0.6 is 15.9 Å². The number of rotatable bonds is 3. The van der Waals surface area contributed by atoms with Crippen molar-refractivity contribution >= 4 is 33.5 Å². The molecule has 0 spiro atoms. The lowest BCUT2D eigenvalue weighted by Crippen LogP contribution is -2.10. The van der Waals surface area contributed by atoms with Gasteiger partial charge in [-0.05, 0) is 39.0 Å². The van der Waals surface area contributed by atoms with Gasteiger partial charge in [0.05, 0.1) is 15.1 Å². The van der Waals surface area contributed by atoms with Crippen molar-refractivity contribution in [2.24, 2.45) is 4.99 Å². The van der Waals surface area contributed by atoms with Gasteiger partial charge in [-0.25, -0.2) is 0 Å². The number of hydrogen-bond acceptors (Lipinski definition) is 4. The summed E-state index contributed by atoms with van der Waals surface area (Å²) in [4.78, 5) is 14.6. The molecule has 0 saturated carbocycles. The zero-order valence-electron chi connectivity index (χ0n) is 13.1. The predicted octanol–water partition coefficient (Wildman–Crippen LogP) is 5.11. The first-order valence-corrected chi connectivity index (χ1v) is 7.79. The summed E-state index contributed by atoms with van der Waals surface area (Å²) in [5.74, 6) is -0.0781. The summed E-state index contributed by atoms with van der Waals surface area (Å²) >= 11 is 3.11. The molecule has 0 aliphatic carbocycles. The highest BCUT2D eigenvalue weighted by Crippen LogP contribution is 2.32. The largest absolute Gasteiger partial charge is 0.506 e. The Hall–Kier alpha value is -2.21. The topological polar surface area (TPSA) is 75.7 Å². The van der Waals surface area contributed by atoms with Gasteiger partial charge in [0.2, 0.25) is 0 Å². The van der Waals surface area contributed by atoms with E-state index in [1.54, 1.807) is 0 Å². The number of nitrogens with zero attached hydrogens (tertiary/aromatic N) is 2. The maximum Gasteiger partial charge on any atom is 0.271 e. The van der Waals surface area contributed by atoms with Crippen molar-refractivity contribution < 1.29 is 10.0 Å². The number of hydrogen-bond donors (Lipinski definition) is 1. The van der Waals surface area contributed by atoms with Gasteiger partial charge in [0.25, 0.3) is 5.69 Å². The van der Waals surface area contributed by atoms with Gasteiger partial charge in [-0.15, -0.1) is 0 Å². The number of aromatic hydroxyl groups is 1. The molecule has 0 aromatic heterocycles. The quantitative estimate of drug-likeness (QED) is 0.459. The Bertz CT molecular complexity index is 763. The van der Waals surface area contributed by atoms with Gasteiger partial charge in [-0.3, -0.25) is 15.1 Å². The number of nitro benzene ring substituents is 1. The zero-order valence-corrected chi connectivity index (χ0v) is 14.7. The Kier molecular flexibility index (Phi) is 4.85. The van der Waals surface area contributed by atoms with E-state index in [-0.39, 0.29) is 26.9 Å². The van der Waals surface area contributed by atoms with Crippen LogP contribution in [0.15, 0.2) is 45.9 Å². The number of phenolic OH excluding ortho intramolecular Hbond substituents is 1. The van der Waals surface area contributed by atoms with Crippen LogP contribution in [-0.2, 0) is 5.41 Å². The van der Waals surface area contributed by atoms with E-state index < -0.39 is 4.92 Å². The van der Waals surface area contributed by atoms with Gasteiger partial charge < -0.3 is 5.11 Å². The summed E-state index contributed by atoms with van der Waals surface area (Å²) in [7, 11) is 0. The molecule has 1 N–H and O–H groups in total. The molecular formula is C17H17BrN2O3. The molecule has 2 aromatic rings. The molecule has 0 atom stereocenters. The summed E-state index contributed by atoms with van der Waals surface area (Å²) in [5, 5.41) is 20.9. The second kappa shape index (κ2) is 6.50. The Balaban J connectivity index is 2.31. The summed E-state index contributed by atoms with van der Waals surface area (Å²) < 4.78 is 0.260. The van der Waals surface area contributed by atoms with Crippen LogP contribution in [-0.4, -0.2) is 16.2 Å². The lowest BCUT2D eigenvalue weighted by molar-refractivity contribution is -0.385. The average Bonchev–Trinajstić information content (AvgIpc) is 2.48. The molecule has 0 aliphatic rings. The van der Waals surface area contributed by atoms with E-state index in [0.29, 0.717) is 5.69 Å². The Labute approximate surface area is 143 Å². The molecule has 0 unspecified atom stereocenters. The summed E-state index contributed by atoms with van der Waals surface area (Å²) in [5.41, 5.74) is 2.13. The van der Waals surface area contributed by atoms with Gasteiger partial charge in [-0.1, -0.05) is 32.9 Å². The fraction of sp³-hybridized carbons (Fsp3) is 0.235. The number of halogens is 1. The van der Waals surface area contributed by atoms with Gasteiger partial charge in [0, 0.05) is 23.9 Å². The summed E-state index contributed by atoms with van der Waals surface area (Å²) in [6.45, 7) is 6.39. The van der Waals surface area contributed by atoms with E-state index in [0.717, 1.165) is 0 Å². The molecule has 2 aromatic carbocycles. The Morgan fingerprint density at radius 1 is 1.22 bits per heavy atom. The summed E-state index contributed by atoms with van der Waals surface area (Å²) in [6.07, 6.45) is 1.42. The van der Waals surface area contributed by atoms with E-state index in [1.807, 2.05) is 24.3 Å². The molecule has 23 heavy (non-hydrogen) atoms. The Morgan fingerprint density at radius 3 is 2.35 bits per heavy atom. The third-order valence-corrected chi connectivity index (χ3v) is 3.98. The molecule has 0 saturated heterocycles. The fourth-order valence-corrected chi connectivity index (χ4v) is 2.46. The van der Waals surface area contributed by atoms with Crippen LogP contribution in [0.25, 0.3) is 0 Å². The molecule has 2 rings (SSSR count). The van der Waals surface area contributed by atoms with Crippen molar-refractivity contribution in [2.45, 2.75) is 26.2 Å². The van der Waals surface area contributed by atoms with Crippen LogP contribution in [0.2, 0.25) is 0 Å². The molecule has 0 radical (unpaired) electrons. The van der Waals surface area contributed by atoms with Crippen molar-refractivity contribution in [3.05, 3.63) is 62.1 Å². The lowest BCUT2D eigenvalue weighted by Gasteiger charge is -2.18. The fourth-order valence-electron chi connectivity index (χ4n) is 2.00. The second-order valence-electron chi connectivity index (χ2n) is 6.18. The van der Waals surface area contributed by atoms with Crippen molar-refractivity contribution in [3.63, 3.8) is 0 Å². The molecule has 0 heterocycles. The van der Waals surface area contributed by atoms with Crippen LogP contribution in [0.4, 0.5) is 11.4 Å². The van der Waals surface area contributed by atoms with E-state index >= 15 is 0 Å². The van der Waals surface area contributed by atoms with Crippen LogP contribution in [0.1, 0.15) is 31.9 Å². The first-order chi connectivity index (χ1) is 10.7. The molecule has 6 heteroatoms. The first-order valence-electron chi connectivity index (χ1n) is 7.00. The smallest absolute Gasteiger partial charge is 0.271 e. The molecule has 120 valence electrons. The molecular weight excluding hydrogens is 360 g/mol. The highest BCUT2D eigenvalue weighted by atomic mass is 79.9. The average molecular weight is 377 g/mol. The molecule has 5 nitrogen and oxygen atoms in total. The van der Waals surface area contributed by atoms with Crippen LogP contribution in [0.5, 0.6) is 5.75 Å². The van der Waals surface area contributed by atoms with Gasteiger partial charge >= 0.3 is 0 Å². The number of aliphatic imine (C=N–C) groups is 1. The predicted molar refractivity (Wildman–Crippen MR) is 94.9 cm³/mol. The molecule has 0 amide bonds. The van der Waals surface area contributed by atoms with E-state index in [9.17, 15) is 15.2 Å². The maximum absolute atomic E-state index is 10.9. The van der Waals surface area contributed by atoms with Crippen molar-refractivity contribution in [1.29, 1.82) is 0 Å². The normalized spacial score (nSPS) is 11.8. The Morgan fingerprint density at radius 2 is 1.83 bits per heavy atom. The van der Waals surface area contributed by atoms with Gasteiger partial charge in [-0.2, -0.15) is 0 Å². The minimum Gasteiger partial charge on any atom is -0.506 e. The SMILES string of the molecule is CC(C)(C)c1ccc(N=Cc2cc([N+](=O)[O-])cc(Br)c2O)cc1. The van der Waals surface area contributed by atoms with Crippen molar-refractivity contribution in [2.75, 3.05) is 0 Å². The molecule has 0 aliphatic heterocycles. The van der Waals surface area contributed by atoms with Crippen molar-refractivity contribution in [1.82, 2.24) is 0 Å². The van der Waals surface area contributed by atoms with Gasteiger partial charge in [0.1, 0.15) is 5.75 Å². The standard InChI is InChI=1S/C17H17BrN2O3/c1-17(2,3)12-4-6-13(7-5-12)19-10-11-8-14(20(22)23)9-15(18)16(11)21/h4-10,21H,1-3H3. The number of phenols is 1. The van der Waals surface area contributed by atoms with E-state index in [1.165, 1.54) is 23.9 Å². The lowest BCUT2D eigenvalue weighted by atomic mass is 9.87. The van der Waals surface area contributed by atoms with E-state index in [2.05, 4.69) is 41.7 Å².